The summed E-state index contributed by atoms with van der Waals surface area (Å²) < 4.78 is 0. The molecule has 3 nitrogen and oxygen atoms in total. The van der Waals surface area contributed by atoms with Gasteiger partial charge < -0.3 is 15.4 Å². The minimum atomic E-state index is -1.26. The van der Waals surface area contributed by atoms with Crippen molar-refractivity contribution in [2.24, 2.45) is 0 Å². The first-order chi connectivity index (χ1) is 6.72. The van der Waals surface area contributed by atoms with E-state index in [9.17, 15) is 4.80 Å². The van der Waals surface area contributed by atoms with Gasteiger partial charge in [0.2, 0.25) is 9.04 Å². The average Bonchev–Trinajstić information content (AvgIpc) is 2.15. The highest BCUT2D eigenvalue weighted by Gasteiger charge is 2.15. The smallest absolute Gasteiger partial charge is 0.237 e. The zero-order valence-corrected chi connectivity index (χ0v) is 10.8. The Hall–Kier alpha value is 0.0969. The first-order valence-electron chi connectivity index (χ1n) is 5.71. The van der Waals surface area contributed by atoms with Crippen molar-refractivity contribution < 1.29 is 4.80 Å². The van der Waals surface area contributed by atoms with Crippen LogP contribution in [0.15, 0.2) is 0 Å². The Kier molecular flexibility index (Phi) is 9.71. The fourth-order valence-corrected chi connectivity index (χ4v) is 2.09. The fraction of sp³-hybridized carbons (Fsp3) is 1.00. The van der Waals surface area contributed by atoms with Gasteiger partial charge in [-0.2, -0.15) is 0 Å². The van der Waals surface area contributed by atoms with Crippen LogP contribution in [0.5, 0.6) is 0 Å². The molecular weight excluding hydrogens is 192 g/mol. The van der Waals surface area contributed by atoms with Crippen LogP contribution in [-0.4, -0.2) is 32.7 Å². The maximum absolute atomic E-state index is 9.59. The van der Waals surface area contributed by atoms with Gasteiger partial charge in [-0.1, -0.05) is 26.7 Å². The van der Waals surface area contributed by atoms with Crippen LogP contribution in [0.1, 0.15) is 39.5 Å². The molecule has 0 spiro atoms. The summed E-state index contributed by atoms with van der Waals surface area (Å²) in [5.74, 6) is 0.151. The predicted molar refractivity (Wildman–Crippen MR) is 63.4 cm³/mol. The molecule has 0 bridgehead atoms. The molecule has 0 aromatic rings. The lowest BCUT2D eigenvalue weighted by atomic mass is 10.3. The van der Waals surface area contributed by atoms with Crippen LogP contribution in [0.25, 0.3) is 0 Å². The molecule has 0 aliphatic heterocycles. The molecule has 0 atom stereocenters. The quantitative estimate of drug-likeness (QED) is 0.309. The van der Waals surface area contributed by atoms with Gasteiger partial charge in [0, 0.05) is 0 Å². The van der Waals surface area contributed by atoms with Crippen LogP contribution in [-0.2, 0) is 0 Å². The second-order valence-electron chi connectivity index (χ2n) is 3.69. The van der Waals surface area contributed by atoms with Gasteiger partial charge in [-0.3, -0.25) is 0 Å². The molecular formula is C10H25N2OSi. The summed E-state index contributed by atoms with van der Waals surface area (Å²) in [7, 11) is -1.26. The Morgan fingerprint density at radius 2 is 1.50 bits per heavy atom. The Labute approximate surface area is 90.0 Å². The molecule has 0 heterocycles. The first-order valence-corrected chi connectivity index (χ1v) is 7.74. The Morgan fingerprint density at radius 3 is 1.79 bits per heavy atom. The summed E-state index contributed by atoms with van der Waals surface area (Å²) in [4.78, 5) is 9.59. The van der Waals surface area contributed by atoms with E-state index in [4.69, 9.17) is 0 Å². The molecule has 0 amide bonds. The molecule has 0 aliphatic carbocycles. The van der Waals surface area contributed by atoms with Crippen molar-refractivity contribution in [1.29, 1.82) is 0 Å². The molecule has 0 aliphatic rings. The van der Waals surface area contributed by atoms with Crippen LogP contribution in [0.4, 0.5) is 0 Å². The number of hydrogen-bond acceptors (Lipinski definition) is 3. The molecule has 0 rings (SSSR count). The van der Waals surface area contributed by atoms with Crippen molar-refractivity contribution >= 4 is 9.04 Å². The largest absolute Gasteiger partial charge is 0.429 e. The monoisotopic (exact) mass is 217 g/mol. The van der Waals surface area contributed by atoms with Gasteiger partial charge in [0.25, 0.3) is 0 Å². The highest BCUT2D eigenvalue weighted by molar-refractivity contribution is 6.50. The highest BCUT2D eigenvalue weighted by atomic mass is 28.3. The SMILES string of the molecule is CCCCNC(NCCCC)[Si](C)O. The summed E-state index contributed by atoms with van der Waals surface area (Å²) in [6.45, 7) is 8.29. The van der Waals surface area contributed by atoms with E-state index in [0.29, 0.717) is 0 Å². The molecule has 0 unspecified atom stereocenters. The zero-order chi connectivity index (χ0) is 10.8. The van der Waals surface area contributed by atoms with E-state index in [-0.39, 0.29) is 5.79 Å². The molecule has 0 fully saturated rings. The molecule has 0 aromatic heterocycles. The van der Waals surface area contributed by atoms with E-state index in [1.54, 1.807) is 0 Å². The standard InChI is InChI=1S/C10H25N2OSi/c1-4-6-8-11-10(14(3)13)12-9-7-5-2/h10-13H,4-9H2,1-3H3. The van der Waals surface area contributed by atoms with E-state index in [1.807, 2.05) is 6.55 Å². The van der Waals surface area contributed by atoms with Crippen LogP contribution in [0.2, 0.25) is 6.55 Å². The maximum Gasteiger partial charge on any atom is 0.237 e. The number of hydrogen-bond donors (Lipinski definition) is 3. The topological polar surface area (TPSA) is 44.3 Å². The van der Waals surface area contributed by atoms with Crippen molar-refractivity contribution in [3.05, 3.63) is 0 Å². The van der Waals surface area contributed by atoms with Gasteiger partial charge in [-0.15, -0.1) is 0 Å². The van der Waals surface area contributed by atoms with Crippen molar-refractivity contribution in [3.63, 3.8) is 0 Å². The van der Waals surface area contributed by atoms with Crippen LogP contribution in [0, 0.1) is 0 Å². The predicted octanol–water partition coefficient (Wildman–Crippen LogP) is 1.24. The summed E-state index contributed by atoms with van der Waals surface area (Å²) in [6, 6.07) is 0. The number of unbranched alkanes of at least 4 members (excludes halogenated alkanes) is 2. The van der Waals surface area contributed by atoms with Gasteiger partial charge in [-0.25, -0.2) is 0 Å². The summed E-state index contributed by atoms with van der Waals surface area (Å²) >= 11 is 0. The fourth-order valence-electron chi connectivity index (χ4n) is 1.21. The summed E-state index contributed by atoms with van der Waals surface area (Å²) in [6.07, 6.45) is 4.76. The van der Waals surface area contributed by atoms with Crippen molar-refractivity contribution in [2.75, 3.05) is 13.1 Å². The number of nitrogens with one attached hydrogen (secondary N) is 2. The lowest BCUT2D eigenvalue weighted by Crippen LogP contribution is -2.52. The normalized spacial score (nSPS) is 11.6. The Balaban J connectivity index is 3.55. The second-order valence-corrected chi connectivity index (χ2v) is 5.55. The minimum Gasteiger partial charge on any atom is -0.429 e. The highest BCUT2D eigenvalue weighted by Crippen LogP contribution is 1.90. The molecule has 1 radical (unpaired) electrons. The molecule has 0 saturated carbocycles. The lowest BCUT2D eigenvalue weighted by Gasteiger charge is -2.21. The Morgan fingerprint density at radius 1 is 1.07 bits per heavy atom. The van der Waals surface area contributed by atoms with E-state index in [0.717, 1.165) is 13.1 Å². The van der Waals surface area contributed by atoms with E-state index >= 15 is 0 Å². The minimum absolute atomic E-state index is 0.151. The van der Waals surface area contributed by atoms with Crippen LogP contribution < -0.4 is 10.6 Å². The van der Waals surface area contributed by atoms with Crippen molar-refractivity contribution in [2.45, 2.75) is 51.9 Å². The molecule has 3 N–H and O–H groups in total. The molecule has 0 saturated heterocycles. The molecule has 0 aromatic carbocycles. The van der Waals surface area contributed by atoms with Gasteiger partial charge in [0.1, 0.15) is 0 Å². The third-order valence-corrected chi connectivity index (χ3v) is 3.42. The van der Waals surface area contributed by atoms with E-state index in [1.165, 1.54) is 25.7 Å². The second kappa shape index (κ2) is 9.64. The molecule has 85 valence electrons. The van der Waals surface area contributed by atoms with Gasteiger partial charge in [-0.05, 0) is 32.5 Å². The van der Waals surface area contributed by atoms with Gasteiger partial charge in [0.15, 0.2) is 0 Å². The summed E-state index contributed by atoms with van der Waals surface area (Å²) in [5, 5.41) is 6.73. The van der Waals surface area contributed by atoms with Gasteiger partial charge in [0.05, 0.1) is 5.79 Å². The number of rotatable bonds is 9. The van der Waals surface area contributed by atoms with Crippen molar-refractivity contribution in [3.8, 4) is 0 Å². The van der Waals surface area contributed by atoms with Crippen LogP contribution >= 0.6 is 0 Å². The van der Waals surface area contributed by atoms with E-state index < -0.39 is 9.04 Å². The summed E-state index contributed by atoms with van der Waals surface area (Å²) in [5.41, 5.74) is 0. The average molecular weight is 217 g/mol. The lowest BCUT2D eigenvalue weighted by molar-refractivity contribution is 0.451. The van der Waals surface area contributed by atoms with Gasteiger partial charge >= 0.3 is 0 Å². The molecule has 14 heavy (non-hydrogen) atoms. The zero-order valence-electron chi connectivity index (χ0n) is 9.77. The Bertz CT molecular complexity index is 113. The third-order valence-electron chi connectivity index (χ3n) is 2.18. The maximum atomic E-state index is 9.59. The molecule has 4 heteroatoms. The van der Waals surface area contributed by atoms with E-state index in [2.05, 4.69) is 24.5 Å². The van der Waals surface area contributed by atoms with Crippen LogP contribution in [0.3, 0.4) is 0 Å². The first kappa shape index (κ1) is 14.1. The van der Waals surface area contributed by atoms with Crippen molar-refractivity contribution in [1.82, 2.24) is 10.6 Å². The third kappa shape index (κ3) is 7.50.